The van der Waals surface area contributed by atoms with Gasteiger partial charge in [0.15, 0.2) is 5.82 Å². The first kappa shape index (κ1) is 22.3. The first-order valence-corrected chi connectivity index (χ1v) is 11.3. The predicted octanol–water partition coefficient (Wildman–Crippen LogP) is 3.71. The van der Waals surface area contributed by atoms with Gasteiger partial charge in [0.25, 0.3) is 5.56 Å². The molecule has 0 unspecified atom stereocenters. The Kier molecular flexibility index (Phi) is 6.59. The van der Waals surface area contributed by atoms with E-state index < -0.39 is 0 Å². The highest BCUT2D eigenvalue weighted by Crippen LogP contribution is 2.20. The van der Waals surface area contributed by atoms with Crippen LogP contribution in [-0.4, -0.2) is 34.7 Å². The minimum Gasteiger partial charge on any atom is -0.352 e. The number of urea groups is 1. The van der Waals surface area contributed by atoms with Crippen molar-refractivity contribution in [3.63, 3.8) is 0 Å². The van der Waals surface area contributed by atoms with Crippen molar-refractivity contribution in [1.29, 1.82) is 5.26 Å². The number of hydrogen-bond acceptors (Lipinski definition) is 5. The van der Waals surface area contributed by atoms with Crippen molar-refractivity contribution < 1.29 is 4.79 Å². The molecule has 0 bridgehead atoms. The molecule has 2 heterocycles. The van der Waals surface area contributed by atoms with Gasteiger partial charge in [-0.1, -0.05) is 32.0 Å². The van der Waals surface area contributed by atoms with Crippen molar-refractivity contribution in [2.45, 2.75) is 39.3 Å². The summed E-state index contributed by atoms with van der Waals surface area (Å²) in [5.41, 5.74) is 2.67. The van der Waals surface area contributed by atoms with E-state index in [1.807, 2.05) is 33.7 Å². The van der Waals surface area contributed by atoms with Crippen LogP contribution in [0.15, 0.2) is 53.3 Å². The summed E-state index contributed by atoms with van der Waals surface area (Å²) in [4.78, 5) is 32.4. The molecule has 4 rings (SSSR count). The molecule has 2 aromatic carbocycles. The summed E-state index contributed by atoms with van der Waals surface area (Å²) < 4.78 is 1.83. The molecule has 8 nitrogen and oxygen atoms in total. The maximum atomic E-state index is 13.3. The van der Waals surface area contributed by atoms with Crippen molar-refractivity contribution in [1.82, 2.24) is 14.9 Å². The molecule has 33 heavy (non-hydrogen) atoms. The van der Waals surface area contributed by atoms with E-state index in [4.69, 9.17) is 10.2 Å². The lowest BCUT2D eigenvalue weighted by molar-refractivity contribution is 0.246. The number of fused-ring (bicyclic) bond motifs is 1. The van der Waals surface area contributed by atoms with Gasteiger partial charge in [0, 0.05) is 31.4 Å². The number of anilines is 2. The quantitative estimate of drug-likeness (QED) is 0.624. The SMILES string of the molecule is CC(C)Cn1c(=O)c(N2CCC(NC(=O)Nc3cccc(C#N)c3)CC2)nc2ccccc21. The molecule has 8 heteroatoms. The smallest absolute Gasteiger partial charge is 0.319 e. The van der Waals surface area contributed by atoms with Crippen molar-refractivity contribution in [2.24, 2.45) is 5.92 Å². The maximum Gasteiger partial charge on any atom is 0.319 e. The molecule has 1 aromatic heterocycles. The molecule has 1 fully saturated rings. The first-order chi connectivity index (χ1) is 15.9. The number of amides is 2. The Balaban J connectivity index is 1.43. The van der Waals surface area contributed by atoms with Crippen LogP contribution in [0.25, 0.3) is 11.0 Å². The molecule has 0 saturated carbocycles. The molecular formula is C25H28N6O2. The monoisotopic (exact) mass is 444 g/mol. The number of carbonyl (C=O) groups excluding carboxylic acids is 1. The van der Waals surface area contributed by atoms with Crippen LogP contribution in [-0.2, 0) is 6.54 Å². The van der Waals surface area contributed by atoms with Crippen molar-refractivity contribution in [3.05, 3.63) is 64.4 Å². The topological polar surface area (TPSA) is 103 Å². The van der Waals surface area contributed by atoms with Crippen molar-refractivity contribution >= 4 is 28.6 Å². The molecule has 3 aromatic rings. The third-order valence-corrected chi connectivity index (χ3v) is 5.76. The third kappa shape index (κ3) is 5.14. The molecule has 2 amide bonds. The number of piperidine rings is 1. The van der Waals surface area contributed by atoms with E-state index in [1.165, 1.54) is 0 Å². The molecule has 1 saturated heterocycles. The molecule has 170 valence electrons. The van der Waals surface area contributed by atoms with Gasteiger partial charge in [-0.3, -0.25) is 4.79 Å². The molecule has 2 N–H and O–H groups in total. The van der Waals surface area contributed by atoms with Gasteiger partial charge >= 0.3 is 6.03 Å². The molecule has 0 spiro atoms. The Labute approximate surface area is 192 Å². The number of para-hydroxylation sites is 2. The number of rotatable bonds is 5. The summed E-state index contributed by atoms with van der Waals surface area (Å²) in [5, 5.41) is 14.8. The average molecular weight is 445 g/mol. The van der Waals surface area contributed by atoms with E-state index >= 15 is 0 Å². The Morgan fingerprint density at radius 1 is 1.18 bits per heavy atom. The normalized spacial score (nSPS) is 14.3. The zero-order chi connectivity index (χ0) is 23.4. The largest absolute Gasteiger partial charge is 0.352 e. The number of nitrogens with one attached hydrogen (secondary N) is 2. The van der Waals surface area contributed by atoms with Crippen LogP contribution in [0.5, 0.6) is 0 Å². The Morgan fingerprint density at radius 3 is 2.67 bits per heavy atom. The minimum absolute atomic E-state index is 0.00116. The highest BCUT2D eigenvalue weighted by Gasteiger charge is 2.24. The van der Waals surface area contributed by atoms with E-state index in [2.05, 4.69) is 30.6 Å². The summed E-state index contributed by atoms with van der Waals surface area (Å²) in [5.74, 6) is 0.814. The van der Waals surface area contributed by atoms with Gasteiger partial charge < -0.3 is 20.1 Å². The number of benzene rings is 2. The van der Waals surface area contributed by atoms with Crippen LogP contribution >= 0.6 is 0 Å². The van der Waals surface area contributed by atoms with Crippen LogP contribution in [0.3, 0.4) is 0 Å². The molecule has 0 atom stereocenters. The lowest BCUT2D eigenvalue weighted by atomic mass is 10.1. The standard InChI is InChI=1S/C25H28N6O2/c1-17(2)16-31-22-9-4-3-8-21(22)29-23(24(31)32)30-12-10-19(11-13-30)27-25(33)28-20-7-5-6-18(14-20)15-26/h3-9,14,17,19H,10-13,16H2,1-2H3,(H2,27,28,33). The van der Waals surface area contributed by atoms with E-state index in [1.54, 1.807) is 24.3 Å². The third-order valence-electron chi connectivity index (χ3n) is 5.76. The van der Waals surface area contributed by atoms with Gasteiger partial charge in [-0.25, -0.2) is 9.78 Å². The fraction of sp³-hybridized carbons (Fsp3) is 0.360. The van der Waals surface area contributed by atoms with Gasteiger partial charge in [-0.2, -0.15) is 5.26 Å². The summed E-state index contributed by atoms with van der Waals surface area (Å²) in [6.07, 6.45) is 1.42. The number of hydrogen-bond donors (Lipinski definition) is 2. The highest BCUT2D eigenvalue weighted by molar-refractivity contribution is 5.89. The Morgan fingerprint density at radius 2 is 1.94 bits per heavy atom. The van der Waals surface area contributed by atoms with E-state index in [9.17, 15) is 9.59 Å². The molecular weight excluding hydrogens is 416 g/mol. The Bertz CT molecular complexity index is 1250. The lowest BCUT2D eigenvalue weighted by Gasteiger charge is -2.33. The minimum atomic E-state index is -0.299. The number of aromatic nitrogens is 2. The van der Waals surface area contributed by atoms with E-state index in [-0.39, 0.29) is 17.6 Å². The van der Waals surface area contributed by atoms with Gasteiger partial charge in [0.05, 0.1) is 22.7 Å². The number of nitrogens with zero attached hydrogens (tertiary/aromatic N) is 4. The first-order valence-electron chi connectivity index (χ1n) is 11.3. The number of carbonyl (C=O) groups is 1. The summed E-state index contributed by atoms with van der Waals surface area (Å²) in [7, 11) is 0. The van der Waals surface area contributed by atoms with E-state index in [0.717, 1.165) is 11.0 Å². The van der Waals surface area contributed by atoms with Crippen LogP contribution in [0, 0.1) is 17.2 Å². The number of nitriles is 1. The van der Waals surface area contributed by atoms with Crippen LogP contribution < -0.4 is 21.1 Å². The maximum absolute atomic E-state index is 13.3. The molecule has 0 aliphatic carbocycles. The van der Waals surface area contributed by atoms with Crippen molar-refractivity contribution in [3.8, 4) is 6.07 Å². The zero-order valence-electron chi connectivity index (χ0n) is 18.9. The highest BCUT2D eigenvalue weighted by atomic mass is 16.2. The summed E-state index contributed by atoms with van der Waals surface area (Å²) >= 11 is 0. The second-order valence-electron chi connectivity index (χ2n) is 8.79. The predicted molar refractivity (Wildman–Crippen MR) is 129 cm³/mol. The lowest BCUT2D eigenvalue weighted by Crippen LogP contribution is -2.47. The zero-order valence-corrected chi connectivity index (χ0v) is 18.9. The fourth-order valence-electron chi connectivity index (χ4n) is 4.19. The van der Waals surface area contributed by atoms with Gasteiger partial charge in [-0.15, -0.1) is 0 Å². The van der Waals surface area contributed by atoms with Crippen LogP contribution in [0.1, 0.15) is 32.3 Å². The average Bonchev–Trinajstić information content (AvgIpc) is 2.81. The molecule has 1 aliphatic heterocycles. The van der Waals surface area contributed by atoms with Gasteiger partial charge in [0.1, 0.15) is 0 Å². The Hall–Kier alpha value is -3.86. The second-order valence-corrected chi connectivity index (χ2v) is 8.79. The van der Waals surface area contributed by atoms with Gasteiger partial charge in [-0.05, 0) is 49.1 Å². The summed E-state index contributed by atoms with van der Waals surface area (Å²) in [6.45, 7) is 6.11. The van der Waals surface area contributed by atoms with Crippen molar-refractivity contribution in [2.75, 3.05) is 23.3 Å². The molecule has 0 radical (unpaired) electrons. The van der Waals surface area contributed by atoms with Gasteiger partial charge in [0.2, 0.25) is 0 Å². The van der Waals surface area contributed by atoms with Crippen LogP contribution in [0.2, 0.25) is 0 Å². The summed E-state index contributed by atoms with van der Waals surface area (Å²) in [6, 6.07) is 16.3. The molecule has 1 aliphatic rings. The second kappa shape index (κ2) is 9.74. The van der Waals surface area contributed by atoms with Crippen LogP contribution in [0.4, 0.5) is 16.3 Å². The van der Waals surface area contributed by atoms with E-state index in [0.29, 0.717) is 55.5 Å². The fourth-order valence-corrected chi connectivity index (χ4v) is 4.19.